The van der Waals surface area contributed by atoms with Gasteiger partial charge in [0.1, 0.15) is 11.5 Å². The summed E-state index contributed by atoms with van der Waals surface area (Å²) in [7, 11) is 0. The molecule has 0 aliphatic carbocycles. The topological polar surface area (TPSA) is 76.7 Å². The molecule has 2 aromatic rings. The second-order valence-corrected chi connectivity index (χ2v) is 5.97. The average molecular weight is 356 g/mol. The van der Waals surface area contributed by atoms with Crippen molar-refractivity contribution in [3.8, 4) is 11.5 Å². The number of nitrogens with one attached hydrogen (secondary N) is 2. The molecule has 6 nitrogen and oxygen atoms in total. The first kappa shape index (κ1) is 19.3. The summed E-state index contributed by atoms with van der Waals surface area (Å²) in [5, 5.41) is 0. The Morgan fingerprint density at radius 2 is 1.46 bits per heavy atom. The van der Waals surface area contributed by atoms with Crippen LogP contribution in [0.5, 0.6) is 11.5 Å². The Kier molecular flexibility index (Phi) is 7.02. The van der Waals surface area contributed by atoms with Crippen LogP contribution < -0.4 is 20.3 Å². The van der Waals surface area contributed by atoms with Crippen molar-refractivity contribution in [1.82, 2.24) is 10.9 Å². The molecule has 0 aliphatic heterocycles. The average Bonchev–Trinajstić information content (AvgIpc) is 2.65. The van der Waals surface area contributed by atoms with Crippen LogP contribution in [0.1, 0.15) is 42.6 Å². The van der Waals surface area contributed by atoms with Crippen molar-refractivity contribution in [1.29, 1.82) is 0 Å². The molecule has 0 saturated carbocycles. The molecule has 26 heavy (non-hydrogen) atoms. The highest BCUT2D eigenvalue weighted by Gasteiger charge is 2.08. The van der Waals surface area contributed by atoms with Gasteiger partial charge in [0, 0.05) is 5.56 Å². The van der Waals surface area contributed by atoms with Crippen LogP contribution in [-0.4, -0.2) is 25.0 Å². The van der Waals surface area contributed by atoms with Crippen molar-refractivity contribution in [3.63, 3.8) is 0 Å². The third kappa shape index (κ3) is 5.81. The van der Waals surface area contributed by atoms with Gasteiger partial charge < -0.3 is 9.47 Å². The van der Waals surface area contributed by atoms with Crippen LogP contribution in [-0.2, 0) is 4.79 Å². The van der Waals surface area contributed by atoms with Crippen molar-refractivity contribution in [2.75, 3.05) is 13.2 Å². The summed E-state index contributed by atoms with van der Waals surface area (Å²) in [5.74, 6) is 0.859. The van der Waals surface area contributed by atoms with E-state index < -0.39 is 11.8 Å². The number of hydrogen-bond donors (Lipinski definition) is 2. The Morgan fingerprint density at radius 1 is 0.885 bits per heavy atom. The SMILES string of the molecule is CCOc1ccc(C(=O)NNC(=O)COc2ccc(C(C)C)cc2)cc1. The molecule has 0 saturated heterocycles. The lowest BCUT2D eigenvalue weighted by Gasteiger charge is -2.10. The molecule has 0 atom stereocenters. The summed E-state index contributed by atoms with van der Waals surface area (Å²) in [6.45, 7) is 6.47. The predicted molar refractivity (Wildman–Crippen MR) is 99.2 cm³/mol. The molecule has 0 bridgehead atoms. The molecule has 138 valence electrons. The van der Waals surface area contributed by atoms with Gasteiger partial charge >= 0.3 is 0 Å². The lowest BCUT2D eigenvalue weighted by molar-refractivity contribution is -0.123. The van der Waals surface area contributed by atoms with E-state index in [2.05, 4.69) is 24.7 Å². The third-order valence-electron chi connectivity index (χ3n) is 3.66. The van der Waals surface area contributed by atoms with E-state index in [1.54, 1.807) is 24.3 Å². The van der Waals surface area contributed by atoms with E-state index in [0.717, 1.165) is 0 Å². The summed E-state index contributed by atoms with van der Waals surface area (Å²) in [5.41, 5.74) is 6.29. The number of ether oxygens (including phenoxy) is 2. The highest BCUT2D eigenvalue weighted by molar-refractivity contribution is 5.95. The van der Waals surface area contributed by atoms with E-state index in [0.29, 0.717) is 29.6 Å². The molecular formula is C20H24N2O4. The van der Waals surface area contributed by atoms with Gasteiger partial charge in [-0.05, 0) is 54.8 Å². The minimum atomic E-state index is -0.447. The first-order valence-electron chi connectivity index (χ1n) is 8.54. The Hall–Kier alpha value is -3.02. The van der Waals surface area contributed by atoms with Crippen molar-refractivity contribution in [2.24, 2.45) is 0 Å². The summed E-state index contributed by atoms with van der Waals surface area (Å²) >= 11 is 0. The Morgan fingerprint density at radius 3 is 2.04 bits per heavy atom. The van der Waals surface area contributed by atoms with Gasteiger partial charge in [0.15, 0.2) is 6.61 Å². The Bertz CT molecular complexity index is 724. The van der Waals surface area contributed by atoms with E-state index in [-0.39, 0.29) is 6.61 Å². The first-order valence-corrected chi connectivity index (χ1v) is 8.54. The van der Waals surface area contributed by atoms with E-state index in [4.69, 9.17) is 9.47 Å². The van der Waals surface area contributed by atoms with Crippen LogP contribution in [0, 0.1) is 0 Å². The summed E-state index contributed by atoms with van der Waals surface area (Å²) in [6.07, 6.45) is 0. The smallest absolute Gasteiger partial charge is 0.276 e. The van der Waals surface area contributed by atoms with Gasteiger partial charge in [0.05, 0.1) is 6.61 Å². The number of benzene rings is 2. The second-order valence-electron chi connectivity index (χ2n) is 5.97. The number of carbonyl (C=O) groups excluding carboxylic acids is 2. The van der Waals surface area contributed by atoms with Gasteiger partial charge in [-0.25, -0.2) is 0 Å². The van der Waals surface area contributed by atoms with Crippen LogP contribution >= 0.6 is 0 Å². The maximum absolute atomic E-state index is 12.0. The van der Waals surface area contributed by atoms with Gasteiger partial charge in [0.2, 0.25) is 0 Å². The van der Waals surface area contributed by atoms with Gasteiger partial charge in [-0.2, -0.15) is 0 Å². The zero-order chi connectivity index (χ0) is 18.9. The van der Waals surface area contributed by atoms with Gasteiger partial charge in [-0.1, -0.05) is 26.0 Å². The van der Waals surface area contributed by atoms with Crippen LogP contribution in [0.15, 0.2) is 48.5 Å². The molecule has 0 aliphatic rings. The van der Waals surface area contributed by atoms with Crippen molar-refractivity contribution in [3.05, 3.63) is 59.7 Å². The molecule has 0 radical (unpaired) electrons. The molecule has 6 heteroatoms. The number of carbonyl (C=O) groups is 2. The van der Waals surface area contributed by atoms with Crippen LogP contribution in [0.4, 0.5) is 0 Å². The molecule has 0 heterocycles. The Labute approximate surface area is 153 Å². The molecule has 2 aromatic carbocycles. The molecule has 2 N–H and O–H groups in total. The zero-order valence-electron chi connectivity index (χ0n) is 15.2. The van der Waals surface area contributed by atoms with Gasteiger partial charge in [0.25, 0.3) is 11.8 Å². The van der Waals surface area contributed by atoms with Crippen LogP contribution in [0.2, 0.25) is 0 Å². The second kappa shape index (κ2) is 9.46. The van der Waals surface area contributed by atoms with Gasteiger partial charge in [-0.15, -0.1) is 0 Å². The van der Waals surface area contributed by atoms with E-state index in [9.17, 15) is 9.59 Å². The summed E-state index contributed by atoms with van der Waals surface area (Å²) in [4.78, 5) is 23.8. The minimum Gasteiger partial charge on any atom is -0.494 e. The molecule has 0 unspecified atom stereocenters. The predicted octanol–water partition coefficient (Wildman–Crippen LogP) is 3.05. The lowest BCUT2D eigenvalue weighted by atomic mass is 10.0. The van der Waals surface area contributed by atoms with Crippen LogP contribution in [0.3, 0.4) is 0 Å². The fourth-order valence-electron chi connectivity index (χ4n) is 2.20. The summed E-state index contributed by atoms with van der Waals surface area (Å²) < 4.78 is 10.7. The number of hydrogen-bond acceptors (Lipinski definition) is 4. The highest BCUT2D eigenvalue weighted by atomic mass is 16.5. The Balaban J connectivity index is 1.76. The van der Waals surface area contributed by atoms with E-state index >= 15 is 0 Å². The molecule has 0 aromatic heterocycles. The largest absolute Gasteiger partial charge is 0.494 e. The number of hydrazine groups is 1. The normalized spacial score (nSPS) is 10.3. The lowest BCUT2D eigenvalue weighted by Crippen LogP contribution is -2.43. The monoisotopic (exact) mass is 356 g/mol. The maximum atomic E-state index is 12.0. The van der Waals surface area contributed by atoms with Crippen molar-refractivity contribution in [2.45, 2.75) is 26.7 Å². The molecule has 2 rings (SSSR count). The molecular weight excluding hydrogens is 332 g/mol. The van der Waals surface area contributed by atoms with Crippen molar-refractivity contribution >= 4 is 11.8 Å². The number of rotatable bonds is 7. The minimum absolute atomic E-state index is 0.190. The van der Waals surface area contributed by atoms with E-state index in [1.165, 1.54) is 5.56 Å². The molecule has 2 amide bonds. The fraction of sp³-hybridized carbons (Fsp3) is 0.300. The van der Waals surface area contributed by atoms with Crippen molar-refractivity contribution < 1.29 is 19.1 Å². The standard InChI is InChI=1S/C20H24N2O4/c1-4-25-17-11-7-16(8-12-17)20(24)22-21-19(23)13-26-18-9-5-15(6-10-18)14(2)3/h5-12,14H,4,13H2,1-3H3,(H,21,23)(H,22,24). The summed E-state index contributed by atoms with van der Waals surface area (Å²) in [6, 6.07) is 14.2. The number of amides is 2. The molecule has 0 spiro atoms. The van der Waals surface area contributed by atoms with Gasteiger partial charge in [-0.3, -0.25) is 20.4 Å². The highest BCUT2D eigenvalue weighted by Crippen LogP contribution is 2.18. The zero-order valence-corrected chi connectivity index (χ0v) is 15.2. The van der Waals surface area contributed by atoms with Crippen LogP contribution in [0.25, 0.3) is 0 Å². The fourth-order valence-corrected chi connectivity index (χ4v) is 2.20. The first-order chi connectivity index (χ1) is 12.5. The quantitative estimate of drug-likeness (QED) is 0.748. The third-order valence-corrected chi connectivity index (χ3v) is 3.66. The molecule has 0 fully saturated rings. The maximum Gasteiger partial charge on any atom is 0.276 e. The van der Waals surface area contributed by atoms with E-state index in [1.807, 2.05) is 31.2 Å².